The molecule has 112 valence electrons. The van der Waals surface area contributed by atoms with Gasteiger partial charge in [-0.2, -0.15) is 11.8 Å². The van der Waals surface area contributed by atoms with Crippen LogP contribution in [0.2, 0.25) is 0 Å². The van der Waals surface area contributed by atoms with Gasteiger partial charge >= 0.3 is 6.03 Å². The van der Waals surface area contributed by atoms with E-state index >= 15 is 0 Å². The molecule has 6 N–H and O–H groups in total. The van der Waals surface area contributed by atoms with E-state index < -0.39 is 12.1 Å². The lowest BCUT2D eigenvalue weighted by Crippen LogP contribution is -2.52. The van der Waals surface area contributed by atoms with Gasteiger partial charge < -0.3 is 22.1 Å². The average Bonchev–Trinajstić information content (AvgIpc) is 2.38. The van der Waals surface area contributed by atoms with E-state index in [9.17, 15) is 9.59 Å². The highest BCUT2D eigenvalue weighted by Crippen LogP contribution is 2.04. The van der Waals surface area contributed by atoms with E-state index in [1.54, 1.807) is 11.8 Å². The molecule has 0 heterocycles. The minimum Gasteiger partial charge on any atom is -0.352 e. The second-order valence-corrected chi connectivity index (χ2v) is 5.41. The molecule has 3 amide bonds. The largest absolute Gasteiger partial charge is 0.352 e. The lowest BCUT2D eigenvalue weighted by molar-refractivity contribution is -0.123. The molecule has 2 atom stereocenters. The molecule has 0 radical (unpaired) electrons. The predicted molar refractivity (Wildman–Crippen MR) is 80.0 cm³/mol. The molecule has 6 nitrogen and oxygen atoms in total. The average molecular weight is 290 g/mol. The van der Waals surface area contributed by atoms with Crippen LogP contribution < -0.4 is 22.1 Å². The Balaban J connectivity index is 4.37. The third-order valence-electron chi connectivity index (χ3n) is 2.78. The smallest absolute Gasteiger partial charge is 0.312 e. The van der Waals surface area contributed by atoms with Crippen LogP contribution in [0.1, 0.15) is 32.6 Å². The van der Waals surface area contributed by atoms with Gasteiger partial charge in [-0.3, -0.25) is 4.79 Å². The van der Waals surface area contributed by atoms with Crippen molar-refractivity contribution in [2.75, 3.05) is 18.6 Å². The van der Waals surface area contributed by atoms with Gasteiger partial charge in [0.1, 0.15) is 6.04 Å². The van der Waals surface area contributed by atoms with Gasteiger partial charge in [0, 0.05) is 12.6 Å². The maximum Gasteiger partial charge on any atom is 0.312 e. The summed E-state index contributed by atoms with van der Waals surface area (Å²) in [5, 5.41) is 5.35. The van der Waals surface area contributed by atoms with E-state index in [1.165, 1.54) is 0 Å². The van der Waals surface area contributed by atoms with E-state index in [-0.39, 0.29) is 11.9 Å². The number of unbranched alkanes of at least 4 members (excludes halogenated alkanes) is 1. The topological polar surface area (TPSA) is 110 Å². The normalized spacial score (nSPS) is 13.6. The molecule has 0 spiro atoms. The van der Waals surface area contributed by atoms with Crippen LogP contribution in [0.15, 0.2) is 0 Å². The zero-order valence-corrected chi connectivity index (χ0v) is 12.6. The summed E-state index contributed by atoms with van der Waals surface area (Å²) in [7, 11) is 0. The fourth-order valence-electron chi connectivity index (χ4n) is 1.68. The van der Waals surface area contributed by atoms with Gasteiger partial charge in [-0.15, -0.1) is 0 Å². The van der Waals surface area contributed by atoms with Crippen LogP contribution in [0.5, 0.6) is 0 Å². The molecule has 0 bridgehead atoms. The number of amides is 3. The first kappa shape index (κ1) is 18.0. The van der Waals surface area contributed by atoms with Crippen molar-refractivity contribution in [3.05, 3.63) is 0 Å². The Morgan fingerprint density at radius 3 is 2.42 bits per heavy atom. The molecule has 0 aromatic rings. The summed E-state index contributed by atoms with van der Waals surface area (Å²) in [6.07, 6.45) is 5.43. The van der Waals surface area contributed by atoms with E-state index in [4.69, 9.17) is 11.5 Å². The Kier molecular flexibility index (Phi) is 10.4. The SMILES string of the molecule is CCCCC(CN)NC(=O)C(CCSC)NC(N)=O. The predicted octanol–water partition coefficient (Wildman–Crippen LogP) is 0.410. The maximum absolute atomic E-state index is 12.1. The van der Waals surface area contributed by atoms with E-state index in [1.807, 2.05) is 6.26 Å². The highest BCUT2D eigenvalue weighted by atomic mass is 32.2. The van der Waals surface area contributed by atoms with Crippen LogP contribution in [0.4, 0.5) is 4.79 Å². The fraction of sp³-hybridized carbons (Fsp3) is 0.833. The van der Waals surface area contributed by atoms with Crippen molar-refractivity contribution >= 4 is 23.7 Å². The van der Waals surface area contributed by atoms with Gasteiger partial charge in [0.2, 0.25) is 5.91 Å². The Morgan fingerprint density at radius 1 is 1.26 bits per heavy atom. The summed E-state index contributed by atoms with van der Waals surface area (Å²) in [5.74, 6) is 0.570. The minimum atomic E-state index is -0.681. The summed E-state index contributed by atoms with van der Waals surface area (Å²) in [6, 6.07) is -1.31. The molecule has 0 aliphatic rings. The first-order chi connectivity index (χ1) is 9.04. The number of nitrogens with two attached hydrogens (primary N) is 2. The molecule has 19 heavy (non-hydrogen) atoms. The van der Waals surface area contributed by atoms with Gasteiger partial charge in [-0.25, -0.2) is 4.79 Å². The van der Waals surface area contributed by atoms with Crippen LogP contribution in [0.25, 0.3) is 0 Å². The van der Waals surface area contributed by atoms with Crippen LogP contribution in [-0.4, -0.2) is 42.6 Å². The van der Waals surface area contributed by atoms with Gasteiger partial charge in [0.25, 0.3) is 0 Å². The molecule has 0 rings (SSSR count). The molecule has 0 saturated carbocycles. The molecular weight excluding hydrogens is 264 g/mol. The summed E-state index contributed by atoms with van der Waals surface area (Å²) >= 11 is 1.62. The summed E-state index contributed by atoms with van der Waals surface area (Å²) < 4.78 is 0. The van der Waals surface area contributed by atoms with Crippen LogP contribution in [0, 0.1) is 0 Å². The summed E-state index contributed by atoms with van der Waals surface area (Å²) in [4.78, 5) is 23.0. The number of nitrogens with one attached hydrogen (secondary N) is 2. The van der Waals surface area contributed by atoms with Gasteiger partial charge in [0.15, 0.2) is 0 Å². The molecule has 0 aromatic heterocycles. The van der Waals surface area contributed by atoms with Crippen molar-refractivity contribution in [1.29, 1.82) is 0 Å². The fourth-order valence-corrected chi connectivity index (χ4v) is 2.15. The molecule has 0 fully saturated rings. The van der Waals surface area contributed by atoms with E-state index in [0.717, 1.165) is 25.0 Å². The lowest BCUT2D eigenvalue weighted by Gasteiger charge is -2.22. The Hall–Kier alpha value is -0.950. The van der Waals surface area contributed by atoms with Crippen molar-refractivity contribution in [3.63, 3.8) is 0 Å². The number of urea groups is 1. The highest BCUT2D eigenvalue weighted by molar-refractivity contribution is 7.98. The van der Waals surface area contributed by atoms with Crippen molar-refractivity contribution in [2.24, 2.45) is 11.5 Å². The van der Waals surface area contributed by atoms with Crippen molar-refractivity contribution in [2.45, 2.75) is 44.7 Å². The third-order valence-corrected chi connectivity index (χ3v) is 3.42. The third kappa shape index (κ3) is 8.72. The number of primary amides is 1. The maximum atomic E-state index is 12.1. The quantitative estimate of drug-likeness (QED) is 0.467. The molecule has 0 aliphatic heterocycles. The number of carbonyl (C=O) groups excluding carboxylic acids is 2. The van der Waals surface area contributed by atoms with Crippen LogP contribution in [-0.2, 0) is 4.79 Å². The highest BCUT2D eigenvalue weighted by Gasteiger charge is 2.21. The molecule has 0 saturated heterocycles. The van der Waals surface area contributed by atoms with Gasteiger partial charge in [-0.05, 0) is 24.9 Å². The number of rotatable bonds is 10. The summed E-state index contributed by atoms with van der Waals surface area (Å²) in [5.41, 5.74) is 10.7. The van der Waals surface area contributed by atoms with Crippen molar-refractivity contribution < 1.29 is 9.59 Å². The number of hydrogen-bond donors (Lipinski definition) is 4. The Morgan fingerprint density at radius 2 is 1.95 bits per heavy atom. The zero-order valence-electron chi connectivity index (χ0n) is 11.8. The second kappa shape index (κ2) is 10.9. The summed E-state index contributed by atoms with van der Waals surface area (Å²) in [6.45, 7) is 2.49. The molecule has 2 unspecified atom stereocenters. The monoisotopic (exact) mass is 290 g/mol. The van der Waals surface area contributed by atoms with Crippen LogP contribution >= 0.6 is 11.8 Å². The van der Waals surface area contributed by atoms with E-state index in [2.05, 4.69) is 17.6 Å². The minimum absolute atomic E-state index is 0.0427. The zero-order chi connectivity index (χ0) is 14.7. The molecule has 7 heteroatoms. The number of carbonyl (C=O) groups is 2. The van der Waals surface area contributed by atoms with E-state index in [0.29, 0.717) is 13.0 Å². The van der Waals surface area contributed by atoms with Gasteiger partial charge in [-0.1, -0.05) is 19.8 Å². The first-order valence-corrected chi connectivity index (χ1v) is 7.99. The molecule has 0 aliphatic carbocycles. The molecular formula is C12H26N4O2S. The number of thioether (sulfide) groups is 1. The number of hydrogen-bond acceptors (Lipinski definition) is 4. The molecule has 0 aromatic carbocycles. The van der Waals surface area contributed by atoms with Crippen LogP contribution in [0.3, 0.4) is 0 Å². The van der Waals surface area contributed by atoms with Gasteiger partial charge in [0.05, 0.1) is 0 Å². The second-order valence-electron chi connectivity index (χ2n) is 4.43. The first-order valence-electron chi connectivity index (χ1n) is 6.60. The van der Waals surface area contributed by atoms with Crippen molar-refractivity contribution in [1.82, 2.24) is 10.6 Å². The van der Waals surface area contributed by atoms with Crippen molar-refractivity contribution in [3.8, 4) is 0 Å². The standard InChI is InChI=1S/C12H26N4O2S/c1-3-4-5-9(8-13)15-11(17)10(6-7-19-2)16-12(14)18/h9-10H,3-8,13H2,1-2H3,(H,15,17)(H3,14,16,18). The Bertz CT molecular complexity index is 276. The Labute approximate surface area is 119 Å². The lowest BCUT2D eigenvalue weighted by atomic mass is 10.1.